The SMILES string of the molecule is CC(CC(=O)Nc1sc2c(c1C#N)CCN(C(=O)OCC(=O)O)C2)c1cccnc1. The number of nitrogens with zero attached hydrogens (tertiary/aromatic N) is 3. The lowest BCUT2D eigenvalue weighted by atomic mass is 9.99. The number of rotatable bonds is 6. The second-order valence-electron chi connectivity index (χ2n) is 6.88. The quantitative estimate of drug-likeness (QED) is 0.723. The lowest BCUT2D eigenvalue weighted by molar-refractivity contribution is -0.140. The van der Waals surface area contributed by atoms with Crippen LogP contribution in [0.4, 0.5) is 9.80 Å². The Morgan fingerprint density at radius 3 is 2.93 bits per heavy atom. The molecule has 9 nitrogen and oxygen atoms in total. The van der Waals surface area contributed by atoms with Gasteiger partial charge in [-0.25, -0.2) is 9.59 Å². The van der Waals surface area contributed by atoms with Gasteiger partial charge in [-0.05, 0) is 29.5 Å². The molecule has 1 aliphatic rings. The summed E-state index contributed by atoms with van der Waals surface area (Å²) in [5.74, 6) is -1.47. The number of anilines is 1. The Hall–Kier alpha value is -3.45. The molecule has 1 unspecified atom stereocenters. The van der Waals surface area contributed by atoms with Gasteiger partial charge in [0.25, 0.3) is 0 Å². The van der Waals surface area contributed by atoms with Crippen molar-refractivity contribution >= 4 is 34.3 Å². The minimum Gasteiger partial charge on any atom is -0.479 e. The molecule has 30 heavy (non-hydrogen) atoms. The van der Waals surface area contributed by atoms with E-state index in [9.17, 15) is 19.6 Å². The fraction of sp³-hybridized carbons (Fsp3) is 0.350. The molecule has 2 N–H and O–H groups in total. The number of fused-ring (bicyclic) bond motifs is 1. The third-order valence-corrected chi connectivity index (χ3v) is 5.88. The Bertz CT molecular complexity index is 999. The predicted molar refractivity (Wildman–Crippen MR) is 108 cm³/mol. The zero-order valence-corrected chi connectivity index (χ0v) is 17.1. The zero-order valence-electron chi connectivity index (χ0n) is 16.3. The molecule has 0 fully saturated rings. The molecular weight excluding hydrogens is 408 g/mol. The molecule has 0 saturated carbocycles. The molecule has 0 radical (unpaired) electrons. The number of hydrogen-bond donors (Lipinski definition) is 2. The molecule has 1 aliphatic heterocycles. The number of pyridine rings is 1. The van der Waals surface area contributed by atoms with E-state index in [4.69, 9.17) is 9.84 Å². The highest BCUT2D eigenvalue weighted by Crippen LogP contribution is 2.37. The number of amides is 2. The van der Waals surface area contributed by atoms with Gasteiger partial charge in [0.15, 0.2) is 6.61 Å². The van der Waals surface area contributed by atoms with Crippen molar-refractivity contribution in [3.8, 4) is 6.07 Å². The summed E-state index contributed by atoms with van der Waals surface area (Å²) in [7, 11) is 0. The molecule has 0 aromatic carbocycles. The molecule has 2 aromatic rings. The van der Waals surface area contributed by atoms with E-state index in [2.05, 4.69) is 16.4 Å². The maximum absolute atomic E-state index is 12.5. The summed E-state index contributed by atoms with van der Waals surface area (Å²) in [6.45, 7) is 1.74. The lowest BCUT2D eigenvalue weighted by Gasteiger charge is -2.25. The second-order valence-corrected chi connectivity index (χ2v) is 7.98. The summed E-state index contributed by atoms with van der Waals surface area (Å²) in [4.78, 5) is 41.3. The zero-order chi connectivity index (χ0) is 21.7. The number of aromatic nitrogens is 1. The van der Waals surface area contributed by atoms with Crippen molar-refractivity contribution < 1.29 is 24.2 Å². The van der Waals surface area contributed by atoms with E-state index in [1.165, 1.54) is 16.2 Å². The average Bonchev–Trinajstić information content (AvgIpc) is 3.08. The summed E-state index contributed by atoms with van der Waals surface area (Å²) in [6, 6.07) is 5.88. The van der Waals surface area contributed by atoms with Crippen LogP contribution in [0.5, 0.6) is 0 Å². The van der Waals surface area contributed by atoms with Gasteiger partial charge in [-0.2, -0.15) is 5.26 Å². The number of carbonyl (C=O) groups excluding carboxylic acids is 2. The largest absolute Gasteiger partial charge is 0.479 e. The Balaban J connectivity index is 1.68. The van der Waals surface area contributed by atoms with Crippen LogP contribution in [-0.2, 0) is 27.3 Å². The molecule has 2 aromatic heterocycles. The number of hydrogen-bond acceptors (Lipinski definition) is 7. The van der Waals surface area contributed by atoms with Crippen LogP contribution in [0.25, 0.3) is 0 Å². The van der Waals surface area contributed by atoms with E-state index in [-0.39, 0.29) is 24.8 Å². The number of aliphatic carboxylic acids is 1. The highest BCUT2D eigenvalue weighted by Gasteiger charge is 2.28. The van der Waals surface area contributed by atoms with E-state index in [1.807, 2.05) is 19.1 Å². The van der Waals surface area contributed by atoms with Crippen molar-refractivity contribution in [2.75, 3.05) is 18.5 Å². The fourth-order valence-electron chi connectivity index (χ4n) is 3.22. The van der Waals surface area contributed by atoms with Crippen molar-refractivity contribution in [1.82, 2.24) is 9.88 Å². The van der Waals surface area contributed by atoms with Gasteiger partial charge in [0.2, 0.25) is 5.91 Å². The minimum absolute atomic E-state index is 0.0293. The van der Waals surface area contributed by atoms with Crippen LogP contribution in [0.2, 0.25) is 0 Å². The highest BCUT2D eigenvalue weighted by molar-refractivity contribution is 7.16. The van der Waals surface area contributed by atoms with Crippen LogP contribution in [-0.4, -0.2) is 46.1 Å². The van der Waals surface area contributed by atoms with E-state index < -0.39 is 18.7 Å². The molecule has 0 saturated heterocycles. The summed E-state index contributed by atoms with van der Waals surface area (Å²) in [5, 5.41) is 21.5. The molecule has 3 heterocycles. The first-order valence-corrected chi connectivity index (χ1v) is 10.1. The molecule has 1 atom stereocenters. The van der Waals surface area contributed by atoms with Gasteiger partial charge in [0, 0.05) is 30.2 Å². The van der Waals surface area contributed by atoms with Crippen molar-refractivity contribution in [3.05, 3.63) is 46.1 Å². The molecule has 0 bridgehead atoms. The molecule has 156 valence electrons. The van der Waals surface area contributed by atoms with Gasteiger partial charge < -0.3 is 20.1 Å². The first-order valence-electron chi connectivity index (χ1n) is 9.27. The van der Waals surface area contributed by atoms with E-state index >= 15 is 0 Å². The number of carboxylic acids is 1. The van der Waals surface area contributed by atoms with Crippen LogP contribution >= 0.6 is 11.3 Å². The summed E-state index contributed by atoms with van der Waals surface area (Å²) in [6.07, 6.45) is 3.35. The first-order chi connectivity index (χ1) is 14.4. The number of nitrogens with one attached hydrogen (secondary N) is 1. The van der Waals surface area contributed by atoms with Crippen molar-refractivity contribution in [2.45, 2.75) is 32.2 Å². The van der Waals surface area contributed by atoms with Gasteiger partial charge in [0.05, 0.1) is 12.1 Å². The Labute approximate surface area is 176 Å². The first kappa shape index (κ1) is 21.3. The molecule has 10 heteroatoms. The topological polar surface area (TPSA) is 133 Å². The lowest BCUT2D eigenvalue weighted by Crippen LogP contribution is -2.36. The van der Waals surface area contributed by atoms with Crippen molar-refractivity contribution in [1.29, 1.82) is 5.26 Å². The maximum Gasteiger partial charge on any atom is 0.410 e. The second kappa shape index (κ2) is 9.37. The molecule has 0 aliphatic carbocycles. The van der Waals surface area contributed by atoms with E-state index in [1.54, 1.807) is 12.4 Å². The van der Waals surface area contributed by atoms with Gasteiger partial charge in [-0.15, -0.1) is 11.3 Å². The number of thiophene rings is 1. The van der Waals surface area contributed by atoms with Crippen LogP contribution in [0.1, 0.15) is 40.8 Å². The standard InChI is InChI=1S/C20H20N4O5S/c1-12(13-3-2-5-22-9-13)7-17(25)23-19-15(8-21)14-4-6-24(10-16(14)30-19)20(28)29-11-18(26)27/h2-3,5,9,12H,4,6-7,10-11H2,1H3,(H,23,25)(H,26,27). The normalized spacial score (nSPS) is 13.7. The summed E-state index contributed by atoms with van der Waals surface area (Å²) >= 11 is 1.25. The van der Waals surface area contributed by atoms with E-state index in [0.717, 1.165) is 16.0 Å². The van der Waals surface area contributed by atoms with Crippen LogP contribution in [0, 0.1) is 11.3 Å². The predicted octanol–water partition coefficient (Wildman–Crippen LogP) is 2.73. The van der Waals surface area contributed by atoms with Gasteiger partial charge in [-0.3, -0.25) is 9.78 Å². The Morgan fingerprint density at radius 2 is 2.27 bits per heavy atom. The fourth-order valence-corrected chi connectivity index (χ4v) is 4.45. The Morgan fingerprint density at radius 1 is 1.47 bits per heavy atom. The molecule has 0 spiro atoms. The highest BCUT2D eigenvalue weighted by atomic mass is 32.1. The molecule has 3 rings (SSSR count). The number of carbonyl (C=O) groups is 3. The smallest absolute Gasteiger partial charge is 0.410 e. The number of nitriles is 1. The summed E-state index contributed by atoms with van der Waals surface area (Å²) < 4.78 is 4.72. The summed E-state index contributed by atoms with van der Waals surface area (Å²) in [5.41, 5.74) is 2.17. The van der Waals surface area contributed by atoms with Gasteiger partial charge in [0.1, 0.15) is 11.1 Å². The van der Waals surface area contributed by atoms with E-state index in [0.29, 0.717) is 23.5 Å². The average molecular weight is 428 g/mol. The monoisotopic (exact) mass is 428 g/mol. The van der Waals surface area contributed by atoms with Gasteiger partial charge >= 0.3 is 12.1 Å². The van der Waals surface area contributed by atoms with Gasteiger partial charge in [-0.1, -0.05) is 13.0 Å². The molecule has 2 amide bonds. The van der Waals surface area contributed by atoms with Crippen molar-refractivity contribution in [3.63, 3.8) is 0 Å². The minimum atomic E-state index is -1.23. The van der Waals surface area contributed by atoms with Crippen molar-refractivity contribution in [2.24, 2.45) is 0 Å². The Kier molecular flexibility index (Phi) is 6.64. The van der Waals surface area contributed by atoms with Crippen LogP contribution in [0.15, 0.2) is 24.5 Å². The van der Waals surface area contributed by atoms with Crippen LogP contribution in [0.3, 0.4) is 0 Å². The number of carboxylic acid groups (broad SMARTS) is 1. The third kappa shape index (κ3) is 4.93. The van der Waals surface area contributed by atoms with Crippen LogP contribution < -0.4 is 5.32 Å². The molecular formula is C20H20N4O5S. The third-order valence-electron chi connectivity index (χ3n) is 4.74. The number of ether oxygens (including phenoxy) is 1. The maximum atomic E-state index is 12.5.